The zero-order valence-corrected chi connectivity index (χ0v) is 17.9. The average molecular weight is 467 g/mol. The maximum Gasteiger partial charge on any atom is 0.418 e. The topological polar surface area (TPSA) is 78.7 Å². The summed E-state index contributed by atoms with van der Waals surface area (Å²) in [5.74, 6) is 1.32. The smallest absolute Gasteiger partial charge is 0.352 e. The Hall–Kier alpha value is -4.15. The Morgan fingerprint density at radius 1 is 0.853 bits per heavy atom. The quantitative estimate of drug-likeness (QED) is 0.490. The number of halogens is 3. The van der Waals surface area contributed by atoms with Crippen LogP contribution in [0.4, 0.5) is 29.5 Å². The number of aromatic nitrogens is 4. The minimum atomic E-state index is -4.55. The van der Waals surface area contributed by atoms with Gasteiger partial charge in [0.15, 0.2) is 11.5 Å². The molecule has 1 aliphatic rings. The number of rotatable bonds is 3. The number of amides is 2. The van der Waals surface area contributed by atoms with Gasteiger partial charge in [0.2, 0.25) is 0 Å². The Labute approximate surface area is 192 Å². The van der Waals surface area contributed by atoms with E-state index in [0.717, 1.165) is 11.6 Å². The van der Waals surface area contributed by atoms with E-state index in [9.17, 15) is 18.0 Å². The third kappa shape index (κ3) is 4.24. The van der Waals surface area contributed by atoms with Crippen LogP contribution in [-0.4, -0.2) is 56.9 Å². The molecule has 0 aliphatic carbocycles. The summed E-state index contributed by atoms with van der Waals surface area (Å²) in [6.07, 6.45) is -4.55. The van der Waals surface area contributed by atoms with Crippen molar-refractivity contribution in [3.63, 3.8) is 0 Å². The largest absolute Gasteiger partial charge is 0.418 e. The summed E-state index contributed by atoms with van der Waals surface area (Å²) in [5.41, 5.74) is 0.377. The van der Waals surface area contributed by atoms with Crippen molar-refractivity contribution >= 4 is 23.2 Å². The van der Waals surface area contributed by atoms with E-state index in [0.29, 0.717) is 43.5 Å². The van der Waals surface area contributed by atoms with Crippen molar-refractivity contribution in [3.8, 4) is 11.4 Å². The maximum absolute atomic E-state index is 13.2. The molecule has 5 rings (SSSR count). The molecule has 1 N–H and O–H groups in total. The molecule has 2 aromatic heterocycles. The number of para-hydroxylation sites is 1. The van der Waals surface area contributed by atoms with E-state index in [1.54, 1.807) is 4.52 Å². The molecule has 2 aromatic carbocycles. The number of carbonyl (C=O) groups is 1. The van der Waals surface area contributed by atoms with Gasteiger partial charge >= 0.3 is 12.2 Å². The van der Waals surface area contributed by atoms with Crippen molar-refractivity contribution in [2.45, 2.75) is 6.18 Å². The zero-order valence-electron chi connectivity index (χ0n) is 17.9. The third-order valence-electron chi connectivity index (χ3n) is 5.65. The number of nitrogens with one attached hydrogen (secondary N) is 1. The van der Waals surface area contributed by atoms with Crippen LogP contribution in [0, 0.1) is 0 Å². The Balaban J connectivity index is 1.28. The predicted octanol–water partition coefficient (Wildman–Crippen LogP) is 4.16. The van der Waals surface area contributed by atoms with Crippen molar-refractivity contribution in [2.24, 2.45) is 0 Å². The molecule has 2 amide bonds. The van der Waals surface area contributed by atoms with Crippen LogP contribution in [0.5, 0.6) is 0 Å². The molecule has 1 fully saturated rings. The number of nitrogens with zero attached hydrogens (tertiary/aromatic N) is 6. The van der Waals surface area contributed by atoms with E-state index >= 15 is 0 Å². The Kier molecular flexibility index (Phi) is 5.52. The summed E-state index contributed by atoms with van der Waals surface area (Å²) in [5, 5.41) is 15.5. The van der Waals surface area contributed by atoms with Crippen molar-refractivity contribution in [2.75, 3.05) is 36.4 Å². The molecule has 0 spiro atoms. The zero-order chi connectivity index (χ0) is 23.7. The highest BCUT2D eigenvalue weighted by molar-refractivity contribution is 5.90. The summed E-state index contributed by atoms with van der Waals surface area (Å²) >= 11 is 0. The van der Waals surface area contributed by atoms with Gasteiger partial charge < -0.3 is 15.1 Å². The molecule has 1 aliphatic heterocycles. The van der Waals surface area contributed by atoms with Crippen LogP contribution in [0.3, 0.4) is 0 Å². The van der Waals surface area contributed by atoms with Crippen LogP contribution in [-0.2, 0) is 6.18 Å². The molecule has 0 bridgehead atoms. The lowest BCUT2D eigenvalue weighted by atomic mass is 10.1. The van der Waals surface area contributed by atoms with Crippen LogP contribution in [0.25, 0.3) is 17.0 Å². The van der Waals surface area contributed by atoms with Crippen molar-refractivity contribution in [3.05, 3.63) is 72.3 Å². The van der Waals surface area contributed by atoms with Crippen LogP contribution >= 0.6 is 0 Å². The highest BCUT2D eigenvalue weighted by Gasteiger charge is 2.34. The molecule has 174 valence electrons. The van der Waals surface area contributed by atoms with E-state index in [-0.39, 0.29) is 5.69 Å². The lowest BCUT2D eigenvalue weighted by molar-refractivity contribution is -0.136. The van der Waals surface area contributed by atoms with Crippen molar-refractivity contribution in [1.82, 2.24) is 24.7 Å². The number of piperazine rings is 1. The lowest BCUT2D eigenvalue weighted by Gasteiger charge is -2.35. The monoisotopic (exact) mass is 467 g/mol. The van der Waals surface area contributed by atoms with Gasteiger partial charge in [0.1, 0.15) is 5.82 Å². The number of benzene rings is 2. The number of hydrogen-bond acceptors (Lipinski definition) is 5. The van der Waals surface area contributed by atoms with Crippen LogP contribution in [0.15, 0.2) is 66.7 Å². The molecule has 0 radical (unpaired) electrons. The Bertz CT molecular complexity index is 1320. The Morgan fingerprint density at radius 3 is 2.29 bits per heavy atom. The number of anilines is 2. The molecule has 34 heavy (non-hydrogen) atoms. The number of fused-ring (bicyclic) bond motifs is 1. The normalized spacial score (nSPS) is 14.4. The van der Waals surface area contributed by atoms with Gasteiger partial charge in [-0.05, 0) is 24.3 Å². The highest BCUT2D eigenvalue weighted by atomic mass is 19.4. The number of carbonyl (C=O) groups excluding carboxylic acids is 1. The first-order valence-corrected chi connectivity index (χ1v) is 10.6. The highest BCUT2D eigenvalue weighted by Crippen LogP contribution is 2.34. The molecular formula is C23H20F3N7O. The molecule has 3 heterocycles. The fourth-order valence-electron chi connectivity index (χ4n) is 3.89. The van der Waals surface area contributed by atoms with Crippen LogP contribution in [0.2, 0.25) is 0 Å². The van der Waals surface area contributed by atoms with E-state index in [4.69, 9.17) is 0 Å². The number of urea groups is 1. The first-order chi connectivity index (χ1) is 16.4. The Morgan fingerprint density at radius 2 is 1.56 bits per heavy atom. The van der Waals surface area contributed by atoms with E-state index < -0.39 is 17.8 Å². The molecule has 1 saturated heterocycles. The summed E-state index contributed by atoms with van der Waals surface area (Å²) < 4.78 is 41.3. The van der Waals surface area contributed by atoms with E-state index in [2.05, 4.69) is 20.6 Å². The van der Waals surface area contributed by atoms with E-state index in [1.165, 1.54) is 23.1 Å². The van der Waals surface area contributed by atoms with Gasteiger partial charge in [-0.1, -0.05) is 42.5 Å². The second kappa shape index (κ2) is 8.65. The summed E-state index contributed by atoms with van der Waals surface area (Å²) in [7, 11) is 0. The SMILES string of the molecule is O=C(Nc1ccccc1C(F)(F)F)N1CCN(c2ccc3nnc(-c4ccccc4)n3n2)CC1. The van der Waals surface area contributed by atoms with Crippen molar-refractivity contribution in [1.29, 1.82) is 0 Å². The van der Waals surface area contributed by atoms with E-state index in [1.807, 2.05) is 47.4 Å². The molecule has 0 atom stereocenters. The van der Waals surface area contributed by atoms with Gasteiger partial charge in [-0.25, -0.2) is 4.79 Å². The minimum Gasteiger partial charge on any atom is -0.352 e. The molecule has 11 heteroatoms. The van der Waals surface area contributed by atoms with Gasteiger partial charge in [-0.15, -0.1) is 15.3 Å². The summed E-state index contributed by atoms with van der Waals surface area (Å²) in [6, 6.07) is 17.7. The summed E-state index contributed by atoms with van der Waals surface area (Å²) in [4.78, 5) is 16.1. The molecular weight excluding hydrogens is 447 g/mol. The van der Waals surface area contributed by atoms with Gasteiger partial charge in [0.25, 0.3) is 0 Å². The van der Waals surface area contributed by atoms with Gasteiger partial charge in [-0.2, -0.15) is 17.7 Å². The molecule has 4 aromatic rings. The average Bonchev–Trinajstić information content (AvgIpc) is 3.28. The van der Waals surface area contributed by atoms with Crippen molar-refractivity contribution < 1.29 is 18.0 Å². The molecule has 0 unspecified atom stereocenters. The van der Waals surface area contributed by atoms with Crippen LogP contribution in [0.1, 0.15) is 5.56 Å². The summed E-state index contributed by atoms with van der Waals surface area (Å²) in [6.45, 7) is 1.65. The van der Waals surface area contributed by atoms with Gasteiger partial charge in [0.05, 0.1) is 11.3 Å². The first-order valence-electron chi connectivity index (χ1n) is 10.6. The second-order valence-corrected chi connectivity index (χ2v) is 7.80. The fourth-order valence-corrected chi connectivity index (χ4v) is 3.89. The first kappa shape index (κ1) is 21.7. The predicted molar refractivity (Wildman–Crippen MR) is 120 cm³/mol. The number of hydrogen-bond donors (Lipinski definition) is 1. The van der Waals surface area contributed by atoms with Gasteiger partial charge in [-0.3, -0.25) is 0 Å². The maximum atomic E-state index is 13.2. The second-order valence-electron chi connectivity index (χ2n) is 7.80. The lowest BCUT2D eigenvalue weighted by Crippen LogP contribution is -2.50. The fraction of sp³-hybridized carbons (Fsp3) is 0.217. The number of alkyl halides is 3. The standard InChI is InChI=1S/C23H20F3N7O/c24-23(25,26)17-8-4-5-9-18(17)27-22(34)32-14-12-31(13-15-32)20-11-10-19-28-29-21(33(19)30-20)16-6-2-1-3-7-16/h1-11H,12-15H2,(H,27,34). The van der Waals surface area contributed by atoms with Gasteiger partial charge in [0, 0.05) is 31.7 Å². The minimum absolute atomic E-state index is 0.254. The molecule has 0 saturated carbocycles. The third-order valence-corrected chi connectivity index (χ3v) is 5.65. The van der Waals surface area contributed by atoms with Crippen LogP contribution < -0.4 is 10.2 Å². The molecule has 8 nitrogen and oxygen atoms in total.